The van der Waals surface area contributed by atoms with Gasteiger partial charge < -0.3 is 4.90 Å². The van der Waals surface area contributed by atoms with Crippen LogP contribution in [0, 0.1) is 23.6 Å². The first-order valence-corrected chi connectivity index (χ1v) is 9.16. The SMILES string of the molecule is CN(Cc1cn[nH]c1-c1ccc(F)cc1)C(=O)[C@H]1CC[C@@H]2CCC[C@@H]21. The number of carbonyl (C=O) groups excluding carboxylic acids is 1. The summed E-state index contributed by atoms with van der Waals surface area (Å²) in [6.45, 7) is 0.524. The van der Waals surface area contributed by atoms with Crippen molar-refractivity contribution in [1.82, 2.24) is 15.1 Å². The Morgan fingerprint density at radius 2 is 2.04 bits per heavy atom. The molecule has 1 amide bonds. The van der Waals surface area contributed by atoms with E-state index in [0.717, 1.165) is 29.2 Å². The maximum atomic E-state index is 13.1. The Balaban J connectivity index is 1.48. The van der Waals surface area contributed by atoms with Crippen molar-refractivity contribution in [2.75, 3.05) is 7.05 Å². The van der Waals surface area contributed by atoms with Gasteiger partial charge in [0.15, 0.2) is 0 Å². The number of amides is 1. The van der Waals surface area contributed by atoms with Crippen molar-refractivity contribution in [2.45, 2.75) is 38.6 Å². The minimum Gasteiger partial charge on any atom is -0.341 e. The zero-order chi connectivity index (χ0) is 17.4. The highest BCUT2D eigenvalue weighted by Crippen LogP contribution is 2.48. The predicted molar refractivity (Wildman–Crippen MR) is 94.0 cm³/mol. The fourth-order valence-electron chi connectivity index (χ4n) is 4.78. The van der Waals surface area contributed by atoms with E-state index in [2.05, 4.69) is 10.2 Å². The molecule has 132 valence electrons. The van der Waals surface area contributed by atoms with Gasteiger partial charge in [0.05, 0.1) is 11.9 Å². The van der Waals surface area contributed by atoms with Gasteiger partial charge in [0.25, 0.3) is 0 Å². The molecule has 0 aliphatic heterocycles. The molecule has 1 aromatic heterocycles. The van der Waals surface area contributed by atoms with Crippen molar-refractivity contribution in [3.8, 4) is 11.3 Å². The van der Waals surface area contributed by atoms with Crippen molar-refractivity contribution >= 4 is 5.91 Å². The maximum Gasteiger partial charge on any atom is 0.226 e. The molecule has 2 aromatic rings. The number of benzene rings is 1. The fourth-order valence-corrected chi connectivity index (χ4v) is 4.78. The molecule has 0 unspecified atom stereocenters. The van der Waals surface area contributed by atoms with Gasteiger partial charge in [-0.25, -0.2) is 4.39 Å². The van der Waals surface area contributed by atoms with E-state index in [1.54, 1.807) is 18.3 Å². The molecule has 3 atom stereocenters. The lowest BCUT2D eigenvalue weighted by atomic mass is 9.91. The Morgan fingerprint density at radius 3 is 2.84 bits per heavy atom. The number of fused-ring (bicyclic) bond motifs is 1. The molecule has 1 heterocycles. The summed E-state index contributed by atoms with van der Waals surface area (Å²) in [6.07, 6.45) is 7.79. The summed E-state index contributed by atoms with van der Waals surface area (Å²) in [6, 6.07) is 6.34. The van der Waals surface area contributed by atoms with Crippen molar-refractivity contribution < 1.29 is 9.18 Å². The molecule has 0 bridgehead atoms. The van der Waals surface area contributed by atoms with Crippen molar-refractivity contribution in [3.63, 3.8) is 0 Å². The quantitative estimate of drug-likeness (QED) is 0.914. The van der Waals surface area contributed by atoms with Crippen LogP contribution in [0.4, 0.5) is 4.39 Å². The zero-order valence-corrected chi connectivity index (χ0v) is 14.5. The summed E-state index contributed by atoms with van der Waals surface area (Å²) in [5.41, 5.74) is 2.69. The molecule has 5 heteroatoms. The van der Waals surface area contributed by atoms with Gasteiger partial charge in [-0.15, -0.1) is 0 Å². The first-order chi connectivity index (χ1) is 12.1. The number of halogens is 1. The average Bonchev–Trinajstić information content (AvgIpc) is 3.31. The smallest absolute Gasteiger partial charge is 0.226 e. The fraction of sp³-hybridized carbons (Fsp3) is 0.500. The van der Waals surface area contributed by atoms with E-state index in [1.807, 2.05) is 11.9 Å². The van der Waals surface area contributed by atoms with E-state index in [4.69, 9.17) is 0 Å². The normalized spacial score (nSPS) is 25.1. The average molecular weight is 341 g/mol. The lowest BCUT2D eigenvalue weighted by Crippen LogP contribution is -2.34. The molecule has 2 aliphatic carbocycles. The highest BCUT2D eigenvalue weighted by atomic mass is 19.1. The second-order valence-corrected chi connectivity index (χ2v) is 7.51. The highest BCUT2D eigenvalue weighted by Gasteiger charge is 2.43. The van der Waals surface area contributed by atoms with Gasteiger partial charge in [-0.3, -0.25) is 9.89 Å². The lowest BCUT2D eigenvalue weighted by Gasteiger charge is -2.24. The highest BCUT2D eigenvalue weighted by molar-refractivity contribution is 5.79. The predicted octanol–water partition coefficient (Wildman–Crippen LogP) is 4.00. The second-order valence-electron chi connectivity index (χ2n) is 7.51. The van der Waals surface area contributed by atoms with Crippen LogP contribution < -0.4 is 0 Å². The number of hydrogen-bond donors (Lipinski definition) is 1. The number of hydrogen-bond acceptors (Lipinski definition) is 2. The molecule has 1 aromatic carbocycles. The van der Waals surface area contributed by atoms with Crippen molar-refractivity contribution in [2.24, 2.45) is 17.8 Å². The maximum absolute atomic E-state index is 13.1. The largest absolute Gasteiger partial charge is 0.341 e. The van der Waals surface area contributed by atoms with Gasteiger partial charge in [0.2, 0.25) is 5.91 Å². The third kappa shape index (κ3) is 3.08. The number of carbonyl (C=O) groups is 1. The van der Waals surface area contributed by atoms with E-state index in [0.29, 0.717) is 12.5 Å². The Morgan fingerprint density at radius 1 is 1.24 bits per heavy atom. The van der Waals surface area contributed by atoms with Crippen LogP contribution in [0.2, 0.25) is 0 Å². The Bertz CT molecular complexity index is 755. The zero-order valence-electron chi connectivity index (χ0n) is 14.5. The van der Waals surface area contributed by atoms with Crippen LogP contribution in [-0.4, -0.2) is 28.1 Å². The number of nitrogens with one attached hydrogen (secondary N) is 1. The van der Waals surface area contributed by atoms with Crippen LogP contribution in [-0.2, 0) is 11.3 Å². The van der Waals surface area contributed by atoms with Crippen LogP contribution in [0.25, 0.3) is 11.3 Å². The second kappa shape index (κ2) is 6.62. The summed E-state index contributed by atoms with van der Waals surface area (Å²) in [4.78, 5) is 14.8. The number of rotatable bonds is 4. The van der Waals surface area contributed by atoms with Crippen molar-refractivity contribution in [1.29, 1.82) is 0 Å². The first-order valence-electron chi connectivity index (χ1n) is 9.16. The van der Waals surface area contributed by atoms with Crippen LogP contribution in [0.3, 0.4) is 0 Å². The van der Waals surface area contributed by atoms with Crippen LogP contribution >= 0.6 is 0 Å². The molecular weight excluding hydrogens is 317 g/mol. The van der Waals surface area contributed by atoms with Crippen molar-refractivity contribution in [3.05, 3.63) is 41.8 Å². The van der Waals surface area contributed by atoms with Gasteiger partial charge in [0.1, 0.15) is 5.82 Å². The van der Waals surface area contributed by atoms with E-state index < -0.39 is 0 Å². The summed E-state index contributed by atoms with van der Waals surface area (Å²) in [5.74, 6) is 1.56. The third-order valence-electron chi connectivity index (χ3n) is 6.03. The molecule has 0 spiro atoms. The van der Waals surface area contributed by atoms with E-state index >= 15 is 0 Å². The summed E-state index contributed by atoms with van der Waals surface area (Å²) < 4.78 is 13.1. The van der Waals surface area contributed by atoms with Gasteiger partial charge in [0, 0.05) is 30.6 Å². The van der Waals surface area contributed by atoms with E-state index in [-0.39, 0.29) is 17.6 Å². The monoisotopic (exact) mass is 341 g/mol. The number of aromatic amines is 1. The minimum absolute atomic E-state index is 0.193. The van der Waals surface area contributed by atoms with Gasteiger partial charge in [-0.05, 0) is 55.4 Å². The molecule has 0 radical (unpaired) electrons. The molecule has 4 rings (SSSR count). The molecule has 2 saturated carbocycles. The van der Waals surface area contributed by atoms with Gasteiger partial charge >= 0.3 is 0 Å². The topological polar surface area (TPSA) is 49.0 Å². The Labute approximate surface area is 147 Å². The standard InChI is InChI=1S/C20H24FN3O/c1-24(20(25)18-10-7-13-3-2-4-17(13)18)12-15-11-22-23-19(15)14-5-8-16(21)9-6-14/h5-6,8-9,11,13,17-18H,2-4,7,10,12H2,1H3,(H,22,23)/t13-,17-,18-/m0/s1. The summed E-state index contributed by atoms with van der Waals surface area (Å²) in [5, 5.41) is 7.11. The van der Waals surface area contributed by atoms with Crippen LogP contribution in [0.5, 0.6) is 0 Å². The lowest BCUT2D eigenvalue weighted by molar-refractivity contribution is -0.136. The third-order valence-corrected chi connectivity index (χ3v) is 6.03. The minimum atomic E-state index is -0.260. The molecule has 4 nitrogen and oxygen atoms in total. The molecule has 2 aliphatic rings. The Hall–Kier alpha value is -2.17. The molecular formula is C20H24FN3O. The van der Waals surface area contributed by atoms with E-state index in [1.165, 1.54) is 37.8 Å². The van der Waals surface area contributed by atoms with Crippen LogP contribution in [0.15, 0.2) is 30.5 Å². The van der Waals surface area contributed by atoms with Gasteiger partial charge in [-0.1, -0.05) is 12.8 Å². The summed E-state index contributed by atoms with van der Waals surface area (Å²) in [7, 11) is 1.88. The Kier molecular flexibility index (Phi) is 4.32. The molecule has 0 saturated heterocycles. The van der Waals surface area contributed by atoms with E-state index in [9.17, 15) is 9.18 Å². The first kappa shape index (κ1) is 16.3. The number of H-pyrrole nitrogens is 1. The van der Waals surface area contributed by atoms with Crippen LogP contribution in [0.1, 0.15) is 37.7 Å². The molecule has 1 N–H and O–H groups in total. The molecule has 25 heavy (non-hydrogen) atoms. The van der Waals surface area contributed by atoms with Gasteiger partial charge in [-0.2, -0.15) is 5.10 Å². The molecule has 2 fully saturated rings. The number of aromatic nitrogens is 2. The summed E-state index contributed by atoms with van der Waals surface area (Å²) >= 11 is 0. The number of nitrogens with zero attached hydrogens (tertiary/aromatic N) is 2.